The first-order chi connectivity index (χ1) is 30.8. The third-order valence-corrected chi connectivity index (χ3v) is 17.8. The first-order valence-corrected chi connectivity index (χ1v) is 23.2. The van der Waals surface area contributed by atoms with Crippen LogP contribution in [0.25, 0.3) is 82.4 Å². The number of pyridine rings is 2. The van der Waals surface area contributed by atoms with E-state index in [1.165, 1.54) is 53.2 Å². The summed E-state index contributed by atoms with van der Waals surface area (Å²) < 4.78 is 6.98. The third-order valence-electron chi connectivity index (χ3n) is 13.1. The van der Waals surface area contributed by atoms with Crippen molar-refractivity contribution in [3.8, 4) is 11.4 Å². The Bertz CT molecular complexity index is 3830. The second kappa shape index (κ2) is 13.5. The average molecular weight is 808 g/mol. The molecule has 0 aliphatic heterocycles. The molecule has 0 amide bonds. The van der Waals surface area contributed by atoms with Crippen LogP contribution in [0.15, 0.2) is 225 Å². The van der Waals surface area contributed by atoms with Crippen molar-refractivity contribution in [1.82, 2.24) is 23.5 Å². The van der Waals surface area contributed by atoms with E-state index in [1.807, 2.05) is 6.20 Å². The molecule has 8 aromatic carbocycles. The molecule has 5 nitrogen and oxygen atoms in total. The fourth-order valence-corrected chi connectivity index (χ4v) is 15.3. The maximum absolute atomic E-state index is 5.40. The largest absolute Gasteiger partial charge is 0.308 e. The molecule has 0 bridgehead atoms. The molecule has 0 atom stereocenters. The summed E-state index contributed by atoms with van der Waals surface area (Å²) in [4.78, 5) is 10.4. The summed E-state index contributed by atoms with van der Waals surface area (Å²) in [6.45, 7) is 0. The second-order valence-electron chi connectivity index (χ2n) is 16.2. The zero-order chi connectivity index (χ0) is 40.8. The highest BCUT2D eigenvalue weighted by molar-refractivity contribution is 7.20. The van der Waals surface area contributed by atoms with E-state index in [2.05, 4.69) is 232 Å². The molecule has 5 heterocycles. The Balaban J connectivity index is 1.12. The Labute approximate surface area is 358 Å². The standard InChI is InChI=1S/C56H37N5Si/c1-4-17-38(18-5-1)60-50-29-14-11-26-46(50)53-52(60)37-58-56-54(53)47-27-12-15-30-51(47)61(56)39-19-16-24-42(35-39)62(40-20-6-2-7-21-40,41-22-8-3-9-23-41)43-31-32-44-45-25-10-13-28-49(45)59-34-33-57-55(59)48(44)36-43/h1-37H. The minimum Gasteiger partial charge on any atom is -0.308 e. The Morgan fingerprint density at radius 1 is 0.339 bits per heavy atom. The van der Waals surface area contributed by atoms with Gasteiger partial charge >= 0.3 is 0 Å². The van der Waals surface area contributed by atoms with E-state index in [1.54, 1.807) is 0 Å². The lowest BCUT2D eigenvalue weighted by Gasteiger charge is -2.35. The molecule has 13 aromatic rings. The zero-order valence-corrected chi connectivity index (χ0v) is 34.6. The molecule has 0 saturated carbocycles. The van der Waals surface area contributed by atoms with Crippen LogP contribution in [-0.2, 0) is 0 Å². The normalized spacial score (nSPS) is 12.2. The van der Waals surface area contributed by atoms with E-state index in [-0.39, 0.29) is 0 Å². The fraction of sp³-hybridized carbons (Fsp3) is 0. The van der Waals surface area contributed by atoms with Crippen LogP contribution in [-0.4, -0.2) is 31.6 Å². The summed E-state index contributed by atoms with van der Waals surface area (Å²) in [6.07, 6.45) is 6.08. The van der Waals surface area contributed by atoms with Gasteiger partial charge in [0, 0.05) is 56.1 Å². The molecule has 0 saturated heterocycles. The third kappa shape index (κ3) is 4.84. The summed E-state index contributed by atoms with van der Waals surface area (Å²) >= 11 is 0. The van der Waals surface area contributed by atoms with Gasteiger partial charge in [0.1, 0.15) is 11.3 Å². The van der Waals surface area contributed by atoms with Crippen LogP contribution in [0.4, 0.5) is 0 Å². The number of hydrogen-bond acceptors (Lipinski definition) is 2. The topological polar surface area (TPSA) is 40.0 Å². The van der Waals surface area contributed by atoms with Crippen molar-refractivity contribution in [2.24, 2.45) is 0 Å². The summed E-state index contributed by atoms with van der Waals surface area (Å²) in [5.41, 5.74) is 8.66. The van der Waals surface area contributed by atoms with Crippen LogP contribution in [0.3, 0.4) is 0 Å². The number of nitrogens with zero attached hydrogens (tertiary/aromatic N) is 5. The molecular weight excluding hydrogens is 771 g/mol. The molecule has 0 fully saturated rings. The molecule has 290 valence electrons. The smallest absolute Gasteiger partial charge is 0.179 e. The van der Waals surface area contributed by atoms with Gasteiger partial charge in [0.05, 0.1) is 28.3 Å². The molecule has 6 heteroatoms. The Morgan fingerprint density at radius 2 is 0.903 bits per heavy atom. The van der Waals surface area contributed by atoms with Gasteiger partial charge in [-0.1, -0.05) is 164 Å². The van der Waals surface area contributed by atoms with Crippen LogP contribution in [0.1, 0.15) is 0 Å². The average Bonchev–Trinajstić information content (AvgIpc) is 4.07. The number of benzene rings is 8. The number of aromatic nitrogens is 5. The van der Waals surface area contributed by atoms with Crippen LogP contribution in [0, 0.1) is 0 Å². The van der Waals surface area contributed by atoms with Gasteiger partial charge in [-0.3, -0.25) is 8.97 Å². The first-order valence-electron chi connectivity index (χ1n) is 21.2. The predicted molar refractivity (Wildman–Crippen MR) is 260 cm³/mol. The van der Waals surface area contributed by atoms with Gasteiger partial charge < -0.3 is 4.57 Å². The van der Waals surface area contributed by atoms with E-state index >= 15 is 0 Å². The number of para-hydroxylation sites is 4. The molecule has 0 spiro atoms. The zero-order valence-electron chi connectivity index (χ0n) is 33.6. The predicted octanol–water partition coefficient (Wildman–Crippen LogP) is 10.6. The number of fused-ring (bicyclic) bond motifs is 13. The van der Waals surface area contributed by atoms with Gasteiger partial charge in [-0.15, -0.1) is 0 Å². The molecule has 0 aliphatic carbocycles. The highest BCUT2D eigenvalue weighted by atomic mass is 28.3. The molecule has 0 radical (unpaired) electrons. The maximum atomic E-state index is 5.40. The van der Waals surface area contributed by atoms with Crippen molar-refractivity contribution >= 4 is 99.9 Å². The van der Waals surface area contributed by atoms with Gasteiger partial charge in [0.2, 0.25) is 0 Å². The number of hydrogen-bond donors (Lipinski definition) is 0. The van der Waals surface area contributed by atoms with Crippen molar-refractivity contribution in [3.05, 3.63) is 225 Å². The van der Waals surface area contributed by atoms with Crippen molar-refractivity contribution in [2.45, 2.75) is 0 Å². The van der Waals surface area contributed by atoms with E-state index in [0.29, 0.717) is 0 Å². The highest BCUT2D eigenvalue weighted by Gasteiger charge is 2.42. The Morgan fingerprint density at radius 3 is 1.63 bits per heavy atom. The molecule has 5 aromatic heterocycles. The summed E-state index contributed by atoms with van der Waals surface area (Å²) in [5, 5.41) is 13.6. The van der Waals surface area contributed by atoms with Crippen molar-refractivity contribution in [1.29, 1.82) is 0 Å². The summed E-state index contributed by atoms with van der Waals surface area (Å²) in [7, 11) is -3.02. The SMILES string of the molecule is c1ccc(-n2c3ccccc3c3c4c5ccccc5n(-c5cccc([Si](c6ccccc6)(c6ccccc6)c6ccc7c8ccccc8n8ccnc8c7c6)c5)c4ncc32)cc1. The lowest BCUT2D eigenvalue weighted by atomic mass is 10.1. The summed E-state index contributed by atoms with van der Waals surface area (Å²) in [6, 6.07) is 75.7. The lowest BCUT2D eigenvalue weighted by Crippen LogP contribution is -2.74. The van der Waals surface area contributed by atoms with Crippen LogP contribution in [0.2, 0.25) is 0 Å². The minimum atomic E-state index is -3.02. The number of imidazole rings is 1. The number of rotatable bonds is 6. The van der Waals surface area contributed by atoms with Gasteiger partial charge in [0.15, 0.2) is 8.07 Å². The molecule has 0 aliphatic rings. The van der Waals surface area contributed by atoms with Gasteiger partial charge in [-0.2, -0.15) is 0 Å². The second-order valence-corrected chi connectivity index (χ2v) is 20.0. The van der Waals surface area contributed by atoms with Gasteiger partial charge in [-0.25, -0.2) is 9.97 Å². The van der Waals surface area contributed by atoms with Crippen LogP contribution in [0.5, 0.6) is 0 Å². The highest BCUT2D eigenvalue weighted by Crippen LogP contribution is 2.41. The van der Waals surface area contributed by atoms with Crippen LogP contribution >= 0.6 is 0 Å². The van der Waals surface area contributed by atoms with E-state index in [4.69, 9.17) is 9.97 Å². The van der Waals surface area contributed by atoms with E-state index in [0.717, 1.165) is 50.0 Å². The lowest BCUT2D eigenvalue weighted by molar-refractivity contribution is 1.13. The van der Waals surface area contributed by atoms with Gasteiger partial charge in [-0.05, 0) is 68.6 Å². The monoisotopic (exact) mass is 807 g/mol. The molecular formula is C56H37N5Si. The molecule has 13 rings (SSSR count). The maximum Gasteiger partial charge on any atom is 0.179 e. The van der Waals surface area contributed by atoms with Gasteiger partial charge in [0.25, 0.3) is 0 Å². The fourth-order valence-electron chi connectivity index (χ4n) is 10.5. The van der Waals surface area contributed by atoms with E-state index in [9.17, 15) is 0 Å². The molecule has 0 unspecified atom stereocenters. The quantitative estimate of drug-likeness (QED) is 0.0954. The van der Waals surface area contributed by atoms with E-state index < -0.39 is 8.07 Å². The molecule has 0 N–H and O–H groups in total. The van der Waals surface area contributed by atoms with Crippen molar-refractivity contribution in [2.75, 3.05) is 0 Å². The Hall–Kier alpha value is -8.06. The first kappa shape index (κ1) is 34.8. The van der Waals surface area contributed by atoms with Crippen molar-refractivity contribution in [3.63, 3.8) is 0 Å². The minimum absolute atomic E-state index is 0.942. The van der Waals surface area contributed by atoms with Crippen molar-refractivity contribution < 1.29 is 0 Å². The molecule has 62 heavy (non-hydrogen) atoms. The Kier molecular flexibility index (Phi) is 7.56. The summed E-state index contributed by atoms with van der Waals surface area (Å²) in [5.74, 6) is 0. The van der Waals surface area contributed by atoms with Crippen LogP contribution < -0.4 is 20.7 Å².